The molecule has 0 radical (unpaired) electrons. The molecule has 0 amide bonds. The van der Waals surface area contributed by atoms with E-state index in [2.05, 4.69) is 26.3 Å². The average molecular weight is 347 g/mol. The van der Waals surface area contributed by atoms with E-state index in [0.29, 0.717) is 0 Å². The Hall–Kier alpha value is -1.21. The van der Waals surface area contributed by atoms with Crippen LogP contribution in [0.5, 0.6) is 0 Å². The fraction of sp³-hybridized carbons (Fsp3) is 0.611. The van der Waals surface area contributed by atoms with Gasteiger partial charge in [0.25, 0.3) is 0 Å². The lowest BCUT2D eigenvalue weighted by atomic mass is 10.1. The molecular formula is C18H26N4OS. The van der Waals surface area contributed by atoms with Gasteiger partial charge >= 0.3 is 0 Å². The summed E-state index contributed by atoms with van der Waals surface area (Å²) in [4.78, 5) is 6.53. The number of aliphatic hydroxyl groups is 1. The molecule has 0 bridgehead atoms. The zero-order chi connectivity index (χ0) is 16.4. The van der Waals surface area contributed by atoms with Gasteiger partial charge < -0.3 is 5.11 Å². The number of nitrogens with zero attached hydrogens (tertiary/aromatic N) is 4. The van der Waals surface area contributed by atoms with Gasteiger partial charge in [-0.05, 0) is 49.0 Å². The summed E-state index contributed by atoms with van der Waals surface area (Å²) in [5.41, 5.74) is 3.48. The van der Waals surface area contributed by atoms with Crippen LogP contribution in [0.1, 0.15) is 41.1 Å². The van der Waals surface area contributed by atoms with Gasteiger partial charge in [0.05, 0.1) is 24.5 Å². The second-order valence-electron chi connectivity index (χ2n) is 6.98. The van der Waals surface area contributed by atoms with Gasteiger partial charge in [0, 0.05) is 31.1 Å². The fourth-order valence-electron chi connectivity index (χ4n) is 3.78. The summed E-state index contributed by atoms with van der Waals surface area (Å²) in [6, 6.07) is 4.42. The van der Waals surface area contributed by atoms with Gasteiger partial charge in [-0.1, -0.05) is 6.42 Å². The zero-order valence-electron chi connectivity index (χ0n) is 14.2. The third kappa shape index (κ3) is 3.72. The van der Waals surface area contributed by atoms with Crippen molar-refractivity contribution in [3.63, 3.8) is 0 Å². The van der Waals surface area contributed by atoms with Gasteiger partial charge in [0.2, 0.25) is 0 Å². The predicted molar refractivity (Wildman–Crippen MR) is 95.7 cm³/mol. The highest BCUT2D eigenvalue weighted by Gasteiger charge is 2.19. The van der Waals surface area contributed by atoms with E-state index < -0.39 is 0 Å². The minimum atomic E-state index is 0.0325. The first-order valence-electron chi connectivity index (χ1n) is 8.97. The monoisotopic (exact) mass is 346 g/mol. The molecule has 24 heavy (non-hydrogen) atoms. The summed E-state index contributed by atoms with van der Waals surface area (Å²) < 4.78 is 2.04. The maximum atomic E-state index is 9.23. The van der Waals surface area contributed by atoms with Crippen LogP contribution >= 0.6 is 11.3 Å². The Labute approximate surface area is 147 Å². The number of rotatable bonds is 5. The highest BCUT2D eigenvalue weighted by molar-refractivity contribution is 7.10. The van der Waals surface area contributed by atoms with Crippen LogP contribution in [0.25, 0.3) is 0 Å². The first kappa shape index (κ1) is 16.3. The molecule has 0 aromatic carbocycles. The normalized spacial score (nSPS) is 19.5. The van der Waals surface area contributed by atoms with Crippen molar-refractivity contribution in [2.75, 3.05) is 19.6 Å². The van der Waals surface area contributed by atoms with E-state index in [9.17, 15) is 5.11 Å². The number of thiophene rings is 1. The van der Waals surface area contributed by atoms with E-state index in [1.54, 1.807) is 0 Å². The SMILES string of the molecule is OCc1cc2n(n1)CCN(Cc1cc(CN3CCCCC3)cs1)C2. The summed E-state index contributed by atoms with van der Waals surface area (Å²) in [6.07, 6.45) is 4.11. The topological polar surface area (TPSA) is 44.5 Å². The van der Waals surface area contributed by atoms with Crippen molar-refractivity contribution < 1.29 is 5.11 Å². The van der Waals surface area contributed by atoms with E-state index in [-0.39, 0.29) is 6.61 Å². The third-order valence-electron chi connectivity index (χ3n) is 5.03. The van der Waals surface area contributed by atoms with E-state index >= 15 is 0 Å². The third-order valence-corrected chi connectivity index (χ3v) is 6.00. The second-order valence-corrected chi connectivity index (χ2v) is 7.97. The summed E-state index contributed by atoms with van der Waals surface area (Å²) in [7, 11) is 0. The van der Waals surface area contributed by atoms with Crippen molar-refractivity contribution in [2.24, 2.45) is 0 Å². The van der Waals surface area contributed by atoms with Crippen LogP contribution in [0.3, 0.4) is 0 Å². The Balaban J connectivity index is 1.34. The molecule has 0 unspecified atom stereocenters. The summed E-state index contributed by atoms with van der Waals surface area (Å²) >= 11 is 1.89. The van der Waals surface area contributed by atoms with E-state index in [0.717, 1.165) is 38.4 Å². The molecule has 2 aromatic heterocycles. The maximum Gasteiger partial charge on any atom is 0.0882 e. The second kappa shape index (κ2) is 7.35. The Morgan fingerprint density at radius 2 is 1.88 bits per heavy atom. The molecule has 2 aromatic rings. The Morgan fingerprint density at radius 3 is 2.71 bits per heavy atom. The zero-order valence-corrected chi connectivity index (χ0v) is 15.0. The quantitative estimate of drug-likeness (QED) is 0.903. The molecule has 1 fully saturated rings. The smallest absolute Gasteiger partial charge is 0.0882 e. The van der Waals surface area contributed by atoms with Crippen LogP contribution < -0.4 is 0 Å². The molecule has 0 aliphatic carbocycles. The molecular weight excluding hydrogens is 320 g/mol. The molecule has 0 saturated carbocycles. The fourth-order valence-corrected chi connectivity index (χ4v) is 4.70. The maximum absolute atomic E-state index is 9.23. The van der Waals surface area contributed by atoms with Crippen molar-refractivity contribution in [1.29, 1.82) is 0 Å². The highest BCUT2D eigenvalue weighted by Crippen LogP contribution is 2.22. The van der Waals surface area contributed by atoms with Crippen LogP contribution in [0.4, 0.5) is 0 Å². The van der Waals surface area contributed by atoms with E-state index in [1.165, 1.54) is 48.5 Å². The van der Waals surface area contributed by atoms with Gasteiger partial charge in [-0.25, -0.2) is 0 Å². The van der Waals surface area contributed by atoms with Crippen molar-refractivity contribution in [1.82, 2.24) is 19.6 Å². The summed E-state index contributed by atoms with van der Waals surface area (Å²) in [5, 5.41) is 16.0. The number of fused-ring (bicyclic) bond motifs is 1. The van der Waals surface area contributed by atoms with Gasteiger partial charge in [0.15, 0.2) is 0 Å². The molecule has 4 rings (SSSR count). The van der Waals surface area contributed by atoms with Crippen molar-refractivity contribution in [3.05, 3.63) is 39.3 Å². The van der Waals surface area contributed by atoms with Gasteiger partial charge in [0.1, 0.15) is 0 Å². The van der Waals surface area contributed by atoms with Crippen LogP contribution in [-0.2, 0) is 32.8 Å². The molecule has 0 spiro atoms. The average Bonchev–Trinajstić information content (AvgIpc) is 3.22. The largest absolute Gasteiger partial charge is 0.390 e. The standard InChI is InChI=1S/C18H26N4OS/c23-13-16-9-17-11-21(6-7-22(17)19-16)12-18-8-15(14-24-18)10-20-4-2-1-3-5-20/h8-9,14,23H,1-7,10-13H2. The van der Waals surface area contributed by atoms with Crippen LogP contribution in [0.2, 0.25) is 0 Å². The lowest BCUT2D eigenvalue weighted by molar-refractivity contribution is 0.205. The van der Waals surface area contributed by atoms with Crippen LogP contribution in [0.15, 0.2) is 17.5 Å². The number of hydrogen-bond donors (Lipinski definition) is 1. The molecule has 4 heterocycles. The highest BCUT2D eigenvalue weighted by atomic mass is 32.1. The Bertz CT molecular complexity index is 674. The van der Waals surface area contributed by atoms with Gasteiger partial charge in [-0.15, -0.1) is 11.3 Å². The van der Waals surface area contributed by atoms with E-state index in [4.69, 9.17) is 0 Å². The predicted octanol–water partition coefficient (Wildman–Crippen LogP) is 2.44. The van der Waals surface area contributed by atoms with Gasteiger partial charge in [-0.3, -0.25) is 14.5 Å². The first-order valence-corrected chi connectivity index (χ1v) is 9.85. The molecule has 2 aliphatic heterocycles. The molecule has 1 N–H and O–H groups in total. The molecule has 5 nitrogen and oxygen atoms in total. The molecule has 0 atom stereocenters. The molecule has 130 valence electrons. The lowest BCUT2D eigenvalue weighted by Crippen LogP contribution is -2.33. The van der Waals surface area contributed by atoms with Gasteiger partial charge in [-0.2, -0.15) is 5.10 Å². The van der Waals surface area contributed by atoms with E-state index in [1.807, 2.05) is 22.1 Å². The number of piperidine rings is 1. The number of aliphatic hydroxyl groups excluding tert-OH is 1. The Kier molecular flexibility index (Phi) is 4.98. The Morgan fingerprint density at radius 1 is 1.00 bits per heavy atom. The van der Waals surface area contributed by atoms with Crippen LogP contribution in [-0.4, -0.2) is 44.3 Å². The number of hydrogen-bond acceptors (Lipinski definition) is 5. The minimum Gasteiger partial charge on any atom is -0.390 e. The molecule has 2 aliphatic rings. The lowest BCUT2D eigenvalue weighted by Gasteiger charge is -2.27. The number of aromatic nitrogens is 2. The van der Waals surface area contributed by atoms with Crippen molar-refractivity contribution in [3.8, 4) is 0 Å². The minimum absolute atomic E-state index is 0.0325. The van der Waals surface area contributed by atoms with Crippen molar-refractivity contribution >= 4 is 11.3 Å². The van der Waals surface area contributed by atoms with Crippen LogP contribution in [0, 0.1) is 0 Å². The first-order chi connectivity index (χ1) is 11.8. The summed E-state index contributed by atoms with van der Waals surface area (Å²) in [5.74, 6) is 0. The van der Waals surface area contributed by atoms with Crippen molar-refractivity contribution in [2.45, 2.75) is 52.0 Å². The summed E-state index contributed by atoms with van der Waals surface area (Å²) in [6.45, 7) is 7.55. The molecule has 1 saturated heterocycles. The molecule has 6 heteroatoms. The number of likely N-dealkylation sites (tertiary alicyclic amines) is 1.